The fourth-order valence-corrected chi connectivity index (χ4v) is 5.16. The molecule has 11 heteroatoms. The van der Waals surface area contributed by atoms with E-state index >= 15 is 0 Å². The normalized spacial score (nSPS) is 13.3. The van der Waals surface area contributed by atoms with E-state index in [1.54, 1.807) is 24.3 Å². The van der Waals surface area contributed by atoms with Crippen molar-refractivity contribution in [2.24, 2.45) is 0 Å². The maximum absolute atomic E-state index is 13.6. The van der Waals surface area contributed by atoms with Gasteiger partial charge in [-0.1, -0.05) is 53.5 Å². The van der Waals surface area contributed by atoms with Crippen LogP contribution in [0.4, 0.5) is 13.2 Å². The Morgan fingerprint density at radius 2 is 1.77 bits per heavy atom. The van der Waals surface area contributed by atoms with E-state index in [2.05, 4.69) is 9.97 Å². The molecule has 0 spiro atoms. The molecule has 2 N–H and O–H groups in total. The summed E-state index contributed by atoms with van der Waals surface area (Å²) in [4.78, 5) is 7.56. The van der Waals surface area contributed by atoms with Crippen LogP contribution in [0.2, 0.25) is 10.0 Å². The van der Waals surface area contributed by atoms with Crippen molar-refractivity contribution in [1.29, 1.82) is 0 Å². The largest absolute Gasteiger partial charge is 0.443 e. The first kappa shape index (κ1) is 25.6. The number of aromatic nitrogens is 2. The Morgan fingerprint density at radius 3 is 2.37 bits per heavy atom. The predicted octanol–water partition coefficient (Wildman–Crippen LogP) is 7.60. The fourth-order valence-electron chi connectivity index (χ4n) is 3.82. The maximum atomic E-state index is 13.6. The van der Waals surface area contributed by atoms with Gasteiger partial charge in [-0.2, -0.15) is 13.2 Å². The van der Waals surface area contributed by atoms with Crippen molar-refractivity contribution in [1.82, 2.24) is 9.97 Å². The second kappa shape index (κ2) is 9.51. The van der Waals surface area contributed by atoms with Gasteiger partial charge in [-0.15, -0.1) is 0 Å². The average Bonchev–Trinajstić information content (AvgIpc) is 3.18. The van der Waals surface area contributed by atoms with Crippen LogP contribution in [0, 0.1) is 0 Å². The molecule has 1 atom stereocenters. The van der Waals surface area contributed by atoms with Gasteiger partial charge in [-0.25, -0.2) is 4.98 Å². The van der Waals surface area contributed by atoms with E-state index in [1.807, 2.05) is 0 Å². The number of rotatable bonds is 6. The van der Waals surface area contributed by atoms with Crippen molar-refractivity contribution in [3.63, 3.8) is 0 Å². The van der Waals surface area contributed by atoms with Crippen LogP contribution in [-0.2, 0) is 10.7 Å². The molecule has 4 rings (SSSR count). The SMILES string of the molecule is CP(C)(=O)Oc1ccc(C(CO)c2nc3c(Cl)c(-c4ccccc4C(F)(F)F)c(Cl)cc3[nH]2)cc1. The number of hydrogen-bond acceptors (Lipinski definition) is 4. The Kier molecular flexibility index (Phi) is 6.95. The molecule has 4 aromatic rings. The standard InChI is InChI=1S/C24H20Cl2F3N2O3P/c1-35(2,33)34-14-9-7-13(8-10-14)16(12-32)23-30-19-11-18(25)20(21(26)22(19)31-23)15-5-3-4-6-17(15)24(27,28)29/h3-11,16,32H,12H2,1-2H3,(H,30,31). The zero-order chi connectivity index (χ0) is 25.5. The number of aliphatic hydroxyl groups excluding tert-OH is 1. The minimum Gasteiger partial charge on any atom is -0.443 e. The third kappa shape index (κ3) is 5.36. The number of fused-ring (bicyclic) bond motifs is 1. The molecule has 0 fully saturated rings. The van der Waals surface area contributed by atoms with Gasteiger partial charge in [0.25, 0.3) is 0 Å². The number of halogens is 5. The molecule has 1 unspecified atom stereocenters. The lowest BCUT2D eigenvalue weighted by Gasteiger charge is -2.15. The van der Waals surface area contributed by atoms with Gasteiger partial charge in [0.15, 0.2) is 0 Å². The molecular weight excluding hydrogens is 523 g/mol. The molecule has 1 heterocycles. The van der Waals surface area contributed by atoms with Crippen LogP contribution in [0.15, 0.2) is 54.6 Å². The lowest BCUT2D eigenvalue weighted by Crippen LogP contribution is -2.08. The predicted molar refractivity (Wildman–Crippen MR) is 132 cm³/mol. The van der Waals surface area contributed by atoms with E-state index < -0.39 is 25.0 Å². The summed E-state index contributed by atoms with van der Waals surface area (Å²) in [5, 5.41) is 10.1. The molecule has 0 radical (unpaired) electrons. The summed E-state index contributed by atoms with van der Waals surface area (Å²) >= 11 is 12.9. The number of benzene rings is 3. The van der Waals surface area contributed by atoms with Crippen molar-refractivity contribution in [2.45, 2.75) is 12.1 Å². The Hall–Kier alpha value is -2.51. The molecule has 0 saturated carbocycles. The first-order valence-corrected chi connectivity index (χ1v) is 13.7. The third-order valence-corrected chi connectivity index (χ3v) is 6.63. The van der Waals surface area contributed by atoms with E-state index in [-0.39, 0.29) is 33.3 Å². The average molecular weight is 543 g/mol. The number of aliphatic hydroxyl groups is 1. The van der Waals surface area contributed by atoms with Gasteiger partial charge in [0.1, 0.15) is 17.1 Å². The zero-order valence-corrected chi connectivity index (χ0v) is 20.9. The number of hydrogen-bond donors (Lipinski definition) is 2. The summed E-state index contributed by atoms with van der Waals surface area (Å²) in [6.45, 7) is 2.69. The summed E-state index contributed by atoms with van der Waals surface area (Å²) in [5.41, 5.74) is 0.343. The number of aromatic amines is 1. The first-order valence-electron chi connectivity index (χ1n) is 10.4. The highest BCUT2D eigenvalue weighted by molar-refractivity contribution is 7.57. The highest BCUT2D eigenvalue weighted by Gasteiger charge is 2.34. The molecule has 5 nitrogen and oxygen atoms in total. The van der Waals surface area contributed by atoms with Crippen LogP contribution in [0.3, 0.4) is 0 Å². The van der Waals surface area contributed by atoms with E-state index in [9.17, 15) is 22.8 Å². The van der Waals surface area contributed by atoms with Crippen molar-refractivity contribution in [3.05, 3.63) is 81.6 Å². The lowest BCUT2D eigenvalue weighted by atomic mass is 9.98. The van der Waals surface area contributed by atoms with E-state index in [0.717, 1.165) is 6.07 Å². The fraction of sp³-hybridized carbons (Fsp3) is 0.208. The number of nitrogens with zero attached hydrogens (tertiary/aromatic N) is 1. The van der Waals surface area contributed by atoms with Crippen LogP contribution in [0.5, 0.6) is 5.75 Å². The molecule has 1 aromatic heterocycles. The summed E-state index contributed by atoms with van der Waals surface area (Å²) in [7, 11) is -2.73. The molecule has 0 aliphatic heterocycles. The summed E-state index contributed by atoms with van der Waals surface area (Å²) in [6, 6.07) is 13.2. The number of alkyl halides is 3. The van der Waals surface area contributed by atoms with Gasteiger partial charge >= 0.3 is 6.18 Å². The molecule has 0 aliphatic carbocycles. The van der Waals surface area contributed by atoms with Gasteiger partial charge in [0, 0.05) is 18.9 Å². The first-order chi connectivity index (χ1) is 16.4. The molecule has 0 aliphatic rings. The van der Waals surface area contributed by atoms with Gasteiger partial charge in [-0.05, 0) is 35.4 Å². The van der Waals surface area contributed by atoms with Crippen LogP contribution in [0.25, 0.3) is 22.2 Å². The second-order valence-electron chi connectivity index (χ2n) is 8.26. The number of nitrogens with one attached hydrogen (secondary N) is 1. The van der Waals surface area contributed by atoms with Crippen molar-refractivity contribution in [3.8, 4) is 16.9 Å². The highest BCUT2D eigenvalue weighted by atomic mass is 35.5. The Labute approximate surface area is 209 Å². The minimum absolute atomic E-state index is 0.0254. The molecule has 0 amide bonds. The monoisotopic (exact) mass is 542 g/mol. The topological polar surface area (TPSA) is 75.2 Å². The summed E-state index contributed by atoms with van der Waals surface area (Å²) in [5.74, 6) is 0.186. The molecular formula is C24H20Cl2F3N2O3P. The quantitative estimate of drug-likeness (QED) is 0.246. The summed E-state index contributed by atoms with van der Waals surface area (Å²) in [6.07, 6.45) is -4.60. The Bertz CT molecular complexity index is 1430. The number of H-pyrrole nitrogens is 1. The van der Waals surface area contributed by atoms with Crippen molar-refractivity contribution < 1.29 is 27.4 Å². The van der Waals surface area contributed by atoms with Crippen LogP contribution < -0.4 is 4.52 Å². The second-order valence-corrected chi connectivity index (χ2v) is 11.7. The van der Waals surface area contributed by atoms with Gasteiger partial charge in [-0.3, -0.25) is 4.57 Å². The van der Waals surface area contributed by atoms with E-state index in [0.29, 0.717) is 22.7 Å². The molecule has 0 bridgehead atoms. The summed E-state index contributed by atoms with van der Waals surface area (Å²) < 4.78 is 58.1. The zero-order valence-electron chi connectivity index (χ0n) is 18.5. The lowest BCUT2D eigenvalue weighted by molar-refractivity contribution is -0.137. The van der Waals surface area contributed by atoms with E-state index in [1.165, 1.54) is 37.6 Å². The molecule has 184 valence electrons. The van der Waals surface area contributed by atoms with Crippen LogP contribution in [0.1, 0.15) is 22.9 Å². The minimum atomic E-state index is -4.60. The highest BCUT2D eigenvalue weighted by Crippen LogP contribution is 2.45. The van der Waals surface area contributed by atoms with Gasteiger partial charge in [0.2, 0.25) is 7.37 Å². The third-order valence-electron chi connectivity index (χ3n) is 5.31. The molecule has 3 aromatic carbocycles. The van der Waals surface area contributed by atoms with Crippen LogP contribution in [-0.4, -0.2) is 35.0 Å². The molecule has 35 heavy (non-hydrogen) atoms. The van der Waals surface area contributed by atoms with Gasteiger partial charge < -0.3 is 14.6 Å². The Morgan fingerprint density at radius 1 is 1.11 bits per heavy atom. The maximum Gasteiger partial charge on any atom is 0.417 e. The molecule has 0 saturated heterocycles. The van der Waals surface area contributed by atoms with E-state index in [4.69, 9.17) is 27.7 Å². The van der Waals surface area contributed by atoms with Crippen molar-refractivity contribution in [2.75, 3.05) is 19.9 Å². The van der Waals surface area contributed by atoms with Crippen molar-refractivity contribution >= 4 is 41.6 Å². The van der Waals surface area contributed by atoms with Crippen LogP contribution >= 0.6 is 30.6 Å². The smallest absolute Gasteiger partial charge is 0.417 e. The number of imidazole rings is 1. The van der Waals surface area contributed by atoms with Gasteiger partial charge in [0.05, 0.1) is 33.7 Å². The Balaban J connectivity index is 1.78.